The fourth-order valence-corrected chi connectivity index (χ4v) is 2.03. The van der Waals surface area contributed by atoms with E-state index in [0.29, 0.717) is 0 Å². The second-order valence-corrected chi connectivity index (χ2v) is 4.78. The maximum atomic E-state index is 13.1. The average Bonchev–Trinajstić information content (AvgIpc) is 2.31. The van der Waals surface area contributed by atoms with E-state index in [2.05, 4.69) is 4.18 Å². The van der Waals surface area contributed by atoms with E-state index < -0.39 is 56.9 Å². The predicted molar refractivity (Wildman–Crippen MR) is 45.4 cm³/mol. The van der Waals surface area contributed by atoms with Crippen LogP contribution in [0.5, 0.6) is 0 Å². The molecule has 1 rings (SSSR count). The van der Waals surface area contributed by atoms with Gasteiger partial charge in [0.1, 0.15) is 0 Å². The standard InChI is InChI=1S/C8H2F8O3S/c9-2-3(10)5(12)7(6(13)4(2)11)20(17,18)19-1-8(14,15)16/h1H2. The van der Waals surface area contributed by atoms with E-state index in [-0.39, 0.29) is 0 Å². The first kappa shape index (κ1) is 16.6. The highest BCUT2D eigenvalue weighted by Gasteiger charge is 2.37. The summed E-state index contributed by atoms with van der Waals surface area (Å²) < 4.78 is 125. The van der Waals surface area contributed by atoms with Gasteiger partial charge in [0.15, 0.2) is 34.8 Å². The SMILES string of the molecule is O=S(=O)(OCC(F)(F)F)c1c(F)c(F)c(F)c(F)c1F. The Hall–Kier alpha value is -1.43. The molecule has 0 heterocycles. The molecule has 1 aromatic carbocycles. The van der Waals surface area contributed by atoms with Crippen molar-refractivity contribution >= 4 is 10.1 Å². The Morgan fingerprint density at radius 2 is 1.15 bits per heavy atom. The molecule has 3 nitrogen and oxygen atoms in total. The molecule has 0 spiro atoms. The third-order valence-electron chi connectivity index (χ3n) is 1.80. The molecule has 114 valence electrons. The van der Waals surface area contributed by atoms with Crippen molar-refractivity contribution in [3.8, 4) is 0 Å². The molecule has 0 radical (unpaired) electrons. The molecule has 0 aliphatic heterocycles. The van der Waals surface area contributed by atoms with Gasteiger partial charge in [0.05, 0.1) is 0 Å². The molecule has 0 saturated heterocycles. The van der Waals surface area contributed by atoms with Crippen molar-refractivity contribution in [2.75, 3.05) is 6.61 Å². The number of alkyl halides is 3. The highest BCUT2D eigenvalue weighted by Crippen LogP contribution is 2.28. The molecule has 20 heavy (non-hydrogen) atoms. The van der Waals surface area contributed by atoms with Gasteiger partial charge in [0.2, 0.25) is 5.82 Å². The van der Waals surface area contributed by atoms with Gasteiger partial charge in [0, 0.05) is 0 Å². The van der Waals surface area contributed by atoms with Crippen LogP contribution in [-0.2, 0) is 14.3 Å². The van der Waals surface area contributed by atoms with Crippen molar-refractivity contribution < 1.29 is 47.7 Å². The van der Waals surface area contributed by atoms with Gasteiger partial charge in [0.25, 0.3) is 0 Å². The summed E-state index contributed by atoms with van der Waals surface area (Å²) in [5.74, 6) is -13.5. The van der Waals surface area contributed by atoms with Crippen molar-refractivity contribution in [3.05, 3.63) is 29.1 Å². The summed E-state index contributed by atoms with van der Waals surface area (Å²) in [5.41, 5.74) is 0. The lowest BCUT2D eigenvalue weighted by atomic mass is 10.3. The summed E-state index contributed by atoms with van der Waals surface area (Å²) in [7, 11) is -5.83. The number of halogens is 8. The highest BCUT2D eigenvalue weighted by atomic mass is 32.2. The van der Waals surface area contributed by atoms with Crippen LogP contribution in [0.25, 0.3) is 0 Å². The third kappa shape index (κ3) is 3.17. The first-order valence-corrected chi connectivity index (χ1v) is 5.77. The minimum absolute atomic E-state index is 2.49. The Kier molecular flexibility index (Phi) is 4.29. The van der Waals surface area contributed by atoms with Gasteiger partial charge in [-0.3, -0.25) is 4.18 Å². The predicted octanol–water partition coefficient (Wildman–Crippen LogP) is 2.65. The van der Waals surface area contributed by atoms with Gasteiger partial charge >= 0.3 is 16.3 Å². The minimum atomic E-state index is -5.83. The van der Waals surface area contributed by atoms with E-state index >= 15 is 0 Å². The Morgan fingerprint density at radius 3 is 1.50 bits per heavy atom. The van der Waals surface area contributed by atoms with Gasteiger partial charge in [-0.25, -0.2) is 22.0 Å². The number of rotatable bonds is 3. The van der Waals surface area contributed by atoms with Crippen LogP contribution < -0.4 is 0 Å². The molecule has 0 saturated carbocycles. The third-order valence-corrected chi connectivity index (χ3v) is 3.08. The van der Waals surface area contributed by atoms with Gasteiger partial charge in [-0.1, -0.05) is 0 Å². The maximum absolute atomic E-state index is 13.1. The summed E-state index contributed by atoms with van der Waals surface area (Å²) in [6.07, 6.45) is -5.20. The van der Waals surface area contributed by atoms with Gasteiger partial charge in [-0.05, 0) is 0 Å². The molecule has 0 N–H and O–H groups in total. The lowest BCUT2D eigenvalue weighted by Crippen LogP contribution is -2.23. The van der Waals surface area contributed by atoms with E-state index in [1.165, 1.54) is 0 Å². The van der Waals surface area contributed by atoms with Gasteiger partial charge < -0.3 is 0 Å². The molecular formula is C8H2F8O3S. The molecule has 0 aliphatic carbocycles. The highest BCUT2D eigenvalue weighted by molar-refractivity contribution is 7.86. The largest absolute Gasteiger partial charge is 0.413 e. The fraction of sp³-hybridized carbons (Fsp3) is 0.250. The second-order valence-electron chi connectivity index (χ2n) is 3.23. The van der Waals surface area contributed by atoms with E-state index in [0.717, 1.165) is 0 Å². The maximum Gasteiger partial charge on any atom is 0.413 e. The molecule has 12 heteroatoms. The van der Waals surface area contributed by atoms with Crippen molar-refractivity contribution in [2.24, 2.45) is 0 Å². The van der Waals surface area contributed by atoms with Crippen LogP contribution in [0.1, 0.15) is 0 Å². The first-order valence-electron chi connectivity index (χ1n) is 4.36. The van der Waals surface area contributed by atoms with E-state index in [9.17, 15) is 43.5 Å². The average molecular weight is 330 g/mol. The summed E-state index contributed by atoms with van der Waals surface area (Å²) in [6.45, 7) is -2.49. The van der Waals surface area contributed by atoms with E-state index in [4.69, 9.17) is 0 Å². The molecule has 0 aliphatic rings. The lowest BCUT2D eigenvalue weighted by Gasteiger charge is -2.10. The number of benzene rings is 1. The lowest BCUT2D eigenvalue weighted by molar-refractivity contribution is -0.152. The summed E-state index contributed by atoms with van der Waals surface area (Å²) in [6, 6.07) is 0. The van der Waals surface area contributed by atoms with Crippen molar-refractivity contribution in [1.82, 2.24) is 0 Å². The molecule has 1 aromatic rings. The molecule has 0 aromatic heterocycles. The summed E-state index contributed by atoms with van der Waals surface area (Å²) in [5, 5.41) is 0. The molecule has 0 fully saturated rings. The molecule has 0 amide bonds. The minimum Gasteiger partial charge on any atom is -0.257 e. The zero-order chi connectivity index (χ0) is 15.9. The van der Waals surface area contributed by atoms with Gasteiger partial charge in [-0.2, -0.15) is 21.6 Å². The Balaban J connectivity index is 3.40. The van der Waals surface area contributed by atoms with Crippen LogP contribution in [0, 0.1) is 29.1 Å². The van der Waals surface area contributed by atoms with E-state index in [1.54, 1.807) is 0 Å². The Labute approximate surface area is 105 Å². The molecular weight excluding hydrogens is 328 g/mol. The fourth-order valence-electron chi connectivity index (χ4n) is 1.01. The normalized spacial score (nSPS) is 12.8. The Bertz CT molecular complexity index is 607. The summed E-state index contributed by atoms with van der Waals surface area (Å²) in [4.78, 5) is -2.49. The zero-order valence-electron chi connectivity index (χ0n) is 8.86. The van der Waals surface area contributed by atoms with Crippen molar-refractivity contribution in [1.29, 1.82) is 0 Å². The van der Waals surface area contributed by atoms with Crippen LogP contribution in [0.15, 0.2) is 4.90 Å². The summed E-state index contributed by atoms with van der Waals surface area (Å²) >= 11 is 0. The van der Waals surface area contributed by atoms with Crippen LogP contribution >= 0.6 is 0 Å². The van der Waals surface area contributed by atoms with Crippen molar-refractivity contribution in [2.45, 2.75) is 11.1 Å². The smallest absolute Gasteiger partial charge is 0.257 e. The molecule has 0 atom stereocenters. The monoisotopic (exact) mass is 330 g/mol. The van der Waals surface area contributed by atoms with E-state index in [1.807, 2.05) is 0 Å². The quantitative estimate of drug-likeness (QED) is 0.370. The van der Waals surface area contributed by atoms with Crippen molar-refractivity contribution in [3.63, 3.8) is 0 Å². The zero-order valence-corrected chi connectivity index (χ0v) is 9.68. The van der Waals surface area contributed by atoms with Crippen LogP contribution in [-0.4, -0.2) is 21.2 Å². The Morgan fingerprint density at radius 1 is 0.800 bits per heavy atom. The topological polar surface area (TPSA) is 43.4 Å². The van der Waals surface area contributed by atoms with Crippen LogP contribution in [0.4, 0.5) is 35.1 Å². The van der Waals surface area contributed by atoms with Crippen LogP contribution in [0.2, 0.25) is 0 Å². The molecule has 0 unspecified atom stereocenters. The molecule has 0 bridgehead atoms. The number of hydrogen-bond acceptors (Lipinski definition) is 3. The first-order chi connectivity index (χ1) is 8.88. The number of hydrogen-bond donors (Lipinski definition) is 0. The van der Waals surface area contributed by atoms with Gasteiger partial charge in [-0.15, -0.1) is 0 Å². The van der Waals surface area contributed by atoms with Crippen LogP contribution in [0.3, 0.4) is 0 Å². The second kappa shape index (κ2) is 5.16.